The standard InChI is InChI=1S/C23H15BrF6N2O2S/c24-15-8-13(7-14(9-15)22(25,26)27)21(23(28,29)30)10-19(32-35-21)18-6-5-12(11-31-20(33)34)16-3-1-2-4-17(16)18/h1-9,31H,10-11H2,(H,33,34). The number of amides is 1. The van der Waals surface area contributed by atoms with Crippen LogP contribution < -0.4 is 5.32 Å². The molecule has 0 saturated carbocycles. The van der Waals surface area contributed by atoms with Crippen LogP contribution in [0.4, 0.5) is 31.1 Å². The third kappa shape index (κ3) is 4.86. The van der Waals surface area contributed by atoms with Gasteiger partial charge in [-0.3, -0.25) is 0 Å². The Morgan fingerprint density at radius 1 is 1.06 bits per heavy atom. The van der Waals surface area contributed by atoms with Gasteiger partial charge in [-0.25, -0.2) is 9.19 Å². The third-order valence-electron chi connectivity index (χ3n) is 5.63. The smallest absolute Gasteiger partial charge is 0.416 e. The molecule has 3 aromatic carbocycles. The molecule has 0 radical (unpaired) electrons. The molecule has 0 fully saturated rings. The number of hydrogen-bond acceptors (Lipinski definition) is 3. The molecule has 4 nitrogen and oxygen atoms in total. The normalized spacial score (nSPS) is 18.5. The fourth-order valence-electron chi connectivity index (χ4n) is 3.97. The zero-order valence-electron chi connectivity index (χ0n) is 17.5. The molecule has 1 aliphatic heterocycles. The Labute approximate surface area is 207 Å². The number of hydrogen-bond donors (Lipinski definition) is 2. The van der Waals surface area contributed by atoms with Crippen molar-refractivity contribution in [1.82, 2.24) is 5.32 Å². The number of carboxylic acid groups (broad SMARTS) is 1. The Balaban J connectivity index is 1.79. The summed E-state index contributed by atoms with van der Waals surface area (Å²) in [4.78, 5) is 10.9. The van der Waals surface area contributed by atoms with E-state index in [1.807, 2.05) is 0 Å². The molecule has 35 heavy (non-hydrogen) atoms. The largest absolute Gasteiger partial charge is 0.465 e. The van der Waals surface area contributed by atoms with Gasteiger partial charge in [0.2, 0.25) is 0 Å². The average Bonchev–Trinajstić information content (AvgIpc) is 3.23. The highest BCUT2D eigenvalue weighted by Gasteiger charge is 2.60. The molecule has 184 valence electrons. The maximum absolute atomic E-state index is 14.5. The highest BCUT2D eigenvalue weighted by molar-refractivity contribution is 9.10. The van der Waals surface area contributed by atoms with Gasteiger partial charge >= 0.3 is 18.4 Å². The van der Waals surface area contributed by atoms with Crippen LogP contribution in [0.2, 0.25) is 0 Å². The zero-order chi connectivity index (χ0) is 25.6. The van der Waals surface area contributed by atoms with Crippen molar-refractivity contribution >= 4 is 50.5 Å². The number of benzene rings is 3. The van der Waals surface area contributed by atoms with Gasteiger partial charge in [0.05, 0.1) is 11.3 Å². The first-order valence-electron chi connectivity index (χ1n) is 10.00. The van der Waals surface area contributed by atoms with E-state index >= 15 is 0 Å². The van der Waals surface area contributed by atoms with Crippen LogP contribution in [-0.4, -0.2) is 23.1 Å². The number of carbonyl (C=O) groups is 1. The molecule has 4 rings (SSSR count). The van der Waals surface area contributed by atoms with E-state index in [1.165, 1.54) is 0 Å². The summed E-state index contributed by atoms with van der Waals surface area (Å²) in [7, 11) is 0. The Morgan fingerprint density at radius 3 is 2.37 bits per heavy atom. The monoisotopic (exact) mass is 576 g/mol. The molecular weight excluding hydrogens is 562 g/mol. The van der Waals surface area contributed by atoms with Crippen molar-refractivity contribution in [2.24, 2.45) is 4.40 Å². The molecule has 0 aliphatic carbocycles. The maximum Gasteiger partial charge on any atom is 0.416 e. The second kappa shape index (κ2) is 9.05. The lowest BCUT2D eigenvalue weighted by molar-refractivity contribution is -0.160. The van der Waals surface area contributed by atoms with E-state index in [0.29, 0.717) is 28.0 Å². The molecule has 1 aliphatic rings. The number of alkyl halides is 6. The fourth-order valence-corrected chi connectivity index (χ4v) is 5.42. The molecule has 2 N–H and O–H groups in total. The maximum atomic E-state index is 14.5. The first-order chi connectivity index (χ1) is 16.3. The molecule has 1 heterocycles. The lowest BCUT2D eigenvalue weighted by Gasteiger charge is -2.31. The third-order valence-corrected chi connectivity index (χ3v) is 7.33. The van der Waals surface area contributed by atoms with Crippen LogP contribution in [0.25, 0.3) is 10.8 Å². The van der Waals surface area contributed by atoms with Crippen molar-refractivity contribution < 1.29 is 36.2 Å². The minimum absolute atomic E-state index is 0.0118. The first-order valence-corrected chi connectivity index (χ1v) is 11.6. The summed E-state index contributed by atoms with van der Waals surface area (Å²) in [6, 6.07) is 12.2. The highest BCUT2D eigenvalue weighted by Crippen LogP contribution is 2.57. The number of halogens is 7. The van der Waals surface area contributed by atoms with Gasteiger partial charge in [0.1, 0.15) is 0 Å². The predicted octanol–water partition coefficient (Wildman–Crippen LogP) is 7.69. The van der Waals surface area contributed by atoms with E-state index in [1.54, 1.807) is 36.4 Å². The molecule has 0 bridgehead atoms. The number of rotatable bonds is 4. The van der Waals surface area contributed by atoms with E-state index in [4.69, 9.17) is 5.11 Å². The van der Waals surface area contributed by atoms with Crippen LogP contribution in [0.1, 0.15) is 28.7 Å². The quantitative estimate of drug-likeness (QED) is 0.247. The zero-order valence-corrected chi connectivity index (χ0v) is 19.9. The Kier molecular flexibility index (Phi) is 6.56. The molecule has 1 atom stereocenters. The van der Waals surface area contributed by atoms with Gasteiger partial charge in [-0.2, -0.15) is 26.3 Å². The van der Waals surface area contributed by atoms with Gasteiger partial charge in [0.25, 0.3) is 0 Å². The van der Waals surface area contributed by atoms with Gasteiger partial charge in [-0.1, -0.05) is 52.3 Å². The second-order valence-corrected chi connectivity index (χ2v) is 9.81. The van der Waals surface area contributed by atoms with Gasteiger partial charge in [-0.05, 0) is 52.0 Å². The second-order valence-electron chi connectivity index (χ2n) is 7.83. The topological polar surface area (TPSA) is 61.7 Å². The summed E-state index contributed by atoms with van der Waals surface area (Å²) in [5, 5.41) is 12.3. The minimum atomic E-state index is -4.91. The van der Waals surface area contributed by atoms with Crippen molar-refractivity contribution in [2.75, 3.05) is 0 Å². The van der Waals surface area contributed by atoms with Crippen LogP contribution >= 0.6 is 27.9 Å². The summed E-state index contributed by atoms with van der Waals surface area (Å²) in [5.41, 5.74) is -0.664. The fraction of sp³-hybridized carbons (Fsp3) is 0.217. The molecule has 1 unspecified atom stereocenters. The minimum Gasteiger partial charge on any atom is -0.465 e. The summed E-state index contributed by atoms with van der Waals surface area (Å²) in [6.07, 6.45) is -11.6. The van der Waals surface area contributed by atoms with E-state index < -0.39 is 40.7 Å². The Morgan fingerprint density at radius 2 is 1.74 bits per heavy atom. The van der Waals surface area contributed by atoms with E-state index in [2.05, 4.69) is 25.6 Å². The lowest BCUT2D eigenvalue weighted by Crippen LogP contribution is -2.39. The van der Waals surface area contributed by atoms with Crippen molar-refractivity contribution in [1.29, 1.82) is 0 Å². The van der Waals surface area contributed by atoms with E-state index in [0.717, 1.165) is 12.1 Å². The lowest BCUT2D eigenvalue weighted by atomic mass is 9.87. The summed E-state index contributed by atoms with van der Waals surface area (Å²) in [5.74, 6) is 0. The SMILES string of the molecule is O=C(O)NCc1ccc(C2=NSC(c3cc(Br)cc(C(F)(F)F)c3)(C(F)(F)F)C2)c2ccccc12. The molecule has 1 amide bonds. The van der Waals surface area contributed by atoms with Crippen molar-refractivity contribution in [3.63, 3.8) is 0 Å². The molecule has 12 heteroatoms. The van der Waals surface area contributed by atoms with Crippen molar-refractivity contribution in [3.8, 4) is 0 Å². The Bertz CT molecular complexity index is 1340. The molecule has 0 spiro atoms. The molecular formula is C23H15BrF6N2O2S. The number of fused-ring (bicyclic) bond motifs is 1. The highest BCUT2D eigenvalue weighted by atomic mass is 79.9. The van der Waals surface area contributed by atoms with Crippen molar-refractivity contribution in [3.05, 3.63) is 81.3 Å². The van der Waals surface area contributed by atoms with Gasteiger partial charge in [0.15, 0.2) is 4.75 Å². The number of nitrogens with zero attached hydrogens (tertiary/aromatic N) is 1. The van der Waals surface area contributed by atoms with Crippen LogP contribution in [0.3, 0.4) is 0 Å². The molecule has 3 aromatic rings. The van der Waals surface area contributed by atoms with Crippen LogP contribution in [0.5, 0.6) is 0 Å². The summed E-state index contributed by atoms with van der Waals surface area (Å²) < 4.78 is 84.6. The average molecular weight is 577 g/mol. The van der Waals surface area contributed by atoms with E-state index in [9.17, 15) is 31.1 Å². The first kappa shape index (κ1) is 25.4. The van der Waals surface area contributed by atoms with Crippen LogP contribution in [0.15, 0.2) is 63.5 Å². The predicted molar refractivity (Wildman–Crippen MR) is 124 cm³/mol. The number of nitrogens with one attached hydrogen (secondary N) is 1. The van der Waals surface area contributed by atoms with Crippen LogP contribution in [0, 0.1) is 0 Å². The van der Waals surface area contributed by atoms with E-state index in [-0.39, 0.29) is 28.7 Å². The molecule has 0 saturated heterocycles. The molecule has 0 aromatic heterocycles. The van der Waals surface area contributed by atoms with Crippen LogP contribution in [-0.2, 0) is 17.5 Å². The Hall–Kier alpha value is -2.73. The summed E-state index contributed by atoms with van der Waals surface area (Å²) >= 11 is 3.10. The van der Waals surface area contributed by atoms with Gasteiger partial charge in [-0.15, -0.1) is 0 Å². The van der Waals surface area contributed by atoms with Gasteiger partial charge in [0, 0.05) is 23.0 Å². The summed E-state index contributed by atoms with van der Waals surface area (Å²) in [6.45, 7) is -0.0118. The van der Waals surface area contributed by atoms with Gasteiger partial charge < -0.3 is 10.4 Å². The van der Waals surface area contributed by atoms with Crippen molar-refractivity contribution in [2.45, 2.75) is 30.1 Å².